The van der Waals surface area contributed by atoms with Crippen molar-refractivity contribution in [3.05, 3.63) is 0 Å². The van der Waals surface area contributed by atoms with Crippen molar-refractivity contribution in [1.82, 2.24) is 5.32 Å². The Labute approximate surface area is 189 Å². The summed E-state index contributed by atoms with van der Waals surface area (Å²) in [7, 11) is 1.60. The largest absolute Gasteiger partial charge is 0.472 e. The fraction of sp³-hybridized carbons (Fsp3) is 0.955. The Balaban J connectivity index is 4.49. The second-order valence-corrected chi connectivity index (χ2v) is 10.8. The summed E-state index contributed by atoms with van der Waals surface area (Å²) in [6.45, 7) is 4.45. The van der Waals surface area contributed by atoms with E-state index in [4.69, 9.17) is 9.05 Å². The van der Waals surface area contributed by atoms with Gasteiger partial charge in [-0.1, -0.05) is 65.2 Å². The van der Waals surface area contributed by atoms with Crippen LogP contribution in [0, 0.1) is 0 Å². The Kier molecular flexibility index (Phi) is 16.8. The molecule has 0 aromatic heterocycles. The first kappa shape index (κ1) is 30.5. The lowest BCUT2D eigenvalue weighted by Gasteiger charge is -2.26. The normalized spacial score (nSPS) is 16.0. The molecule has 0 spiro atoms. The molecular formula is C22H48N2O6P+. The average molecular weight is 468 g/mol. The number of unbranched alkanes of at least 4 members (excludes halogenated alkanes) is 7. The van der Waals surface area contributed by atoms with Crippen LogP contribution in [0.15, 0.2) is 0 Å². The van der Waals surface area contributed by atoms with Gasteiger partial charge >= 0.3 is 7.82 Å². The van der Waals surface area contributed by atoms with Crippen molar-refractivity contribution in [3.8, 4) is 0 Å². The van der Waals surface area contributed by atoms with Crippen molar-refractivity contribution in [2.24, 2.45) is 0 Å². The monoisotopic (exact) mass is 467 g/mol. The Hall–Kier alpha value is -0.500. The van der Waals surface area contributed by atoms with E-state index >= 15 is 0 Å². The van der Waals surface area contributed by atoms with Crippen LogP contribution in [-0.2, 0) is 18.4 Å². The Morgan fingerprint density at radius 1 is 0.968 bits per heavy atom. The molecule has 0 aromatic carbocycles. The number of carbonyl (C=O) groups is 1. The minimum atomic E-state index is -4.25. The molecule has 0 saturated heterocycles. The third kappa shape index (κ3) is 18.7. The van der Waals surface area contributed by atoms with E-state index in [1.165, 1.54) is 32.1 Å². The molecule has 31 heavy (non-hydrogen) atoms. The Morgan fingerprint density at radius 2 is 1.55 bits per heavy atom. The van der Waals surface area contributed by atoms with Crippen molar-refractivity contribution >= 4 is 13.7 Å². The molecule has 1 amide bonds. The van der Waals surface area contributed by atoms with Crippen molar-refractivity contribution in [2.45, 2.75) is 96.6 Å². The minimum Gasteiger partial charge on any atom is -0.391 e. The van der Waals surface area contributed by atoms with Crippen LogP contribution in [0.1, 0.15) is 84.5 Å². The lowest BCUT2D eigenvalue weighted by atomic mass is 10.0. The highest BCUT2D eigenvalue weighted by molar-refractivity contribution is 7.47. The van der Waals surface area contributed by atoms with Crippen LogP contribution in [0.4, 0.5) is 0 Å². The van der Waals surface area contributed by atoms with Gasteiger partial charge in [0, 0.05) is 6.42 Å². The minimum absolute atomic E-state index is 0.0744. The molecule has 0 aliphatic rings. The van der Waals surface area contributed by atoms with Gasteiger partial charge < -0.3 is 19.8 Å². The molecule has 0 rings (SSSR count). The van der Waals surface area contributed by atoms with Crippen molar-refractivity contribution in [1.29, 1.82) is 0 Å². The van der Waals surface area contributed by atoms with Crippen LogP contribution in [0.3, 0.4) is 0 Å². The number of quaternary nitrogens is 1. The predicted molar refractivity (Wildman–Crippen MR) is 125 cm³/mol. The molecule has 0 radical (unpaired) electrons. The number of carbonyl (C=O) groups excluding carboxylic acids is 1. The van der Waals surface area contributed by atoms with E-state index in [1.54, 1.807) is 0 Å². The van der Waals surface area contributed by atoms with Gasteiger partial charge in [-0.25, -0.2) is 4.57 Å². The average Bonchev–Trinajstić information content (AvgIpc) is 2.66. The van der Waals surface area contributed by atoms with Gasteiger partial charge in [0.25, 0.3) is 0 Å². The summed E-state index contributed by atoms with van der Waals surface area (Å²) in [6, 6.07) is -0.744. The molecule has 0 aromatic rings. The molecule has 8 nitrogen and oxygen atoms in total. The van der Waals surface area contributed by atoms with Crippen LogP contribution >= 0.6 is 7.82 Å². The summed E-state index contributed by atoms with van der Waals surface area (Å²) in [6.07, 6.45) is 9.92. The summed E-state index contributed by atoms with van der Waals surface area (Å²) in [4.78, 5) is 21.9. The maximum absolute atomic E-state index is 12.2. The van der Waals surface area contributed by atoms with Crippen LogP contribution in [0.5, 0.6) is 0 Å². The van der Waals surface area contributed by atoms with Crippen molar-refractivity contribution in [2.75, 3.05) is 40.9 Å². The van der Waals surface area contributed by atoms with Gasteiger partial charge in [0.1, 0.15) is 13.2 Å². The maximum atomic E-state index is 12.2. The zero-order valence-electron chi connectivity index (χ0n) is 20.5. The van der Waals surface area contributed by atoms with Crippen LogP contribution in [0.25, 0.3) is 0 Å². The van der Waals surface area contributed by atoms with Gasteiger partial charge in [-0.2, -0.15) is 0 Å². The first-order valence-electron chi connectivity index (χ1n) is 11.9. The van der Waals surface area contributed by atoms with Gasteiger partial charge in [0.15, 0.2) is 0 Å². The third-order valence-corrected chi connectivity index (χ3v) is 6.06. The number of aliphatic hydroxyl groups excluding tert-OH is 1. The molecule has 3 N–H and O–H groups in total. The Morgan fingerprint density at radius 3 is 2.10 bits per heavy atom. The fourth-order valence-corrected chi connectivity index (χ4v) is 3.82. The summed E-state index contributed by atoms with van der Waals surface area (Å²) in [5.74, 6) is -0.204. The quantitative estimate of drug-likeness (QED) is 0.142. The summed E-state index contributed by atoms with van der Waals surface area (Å²) in [5, 5.41) is 13.3. The first-order chi connectivity index (χ1) is 14.5. The van der Waals surface area contributed by atoms with E-state index in [-0.39, 0.29) is 19.1 Å². The number of nitrogens with one attached hydrogen (secondary N) is 1. The number of hydrogen-bond donors (Lipinski definition) is 3. The molecule has 0 saturated carbocycles. The second kappa shape index (κ2) is 17.0. The molecule has 0 fully saturated rings. The highest BCUT2D eigenvalue weighted by atomic mass is 31.2. The van der Waals surface area contributed by atoms with E-state index in [0.717, 1.165) is 19.3 Å². The Bertz CT molecular complexity index is 513. The molecule has 3 unspecified atom stereocenters. The maximum Gasteiger partial charge on any atom is 0.472 e. The molecule has 186 valence electrons. The molecule has 0 bridgehead atoms. The molecular weight excluding hydrogens is 419 g/mol. The van der Waals surface area contributed by atoms with Gasteiger partial charge in [0.2, 0.25) is 5.91 Å². The summed E-state index contributed by atoms with van der Waals surface area (Å²) < 4.78 is 22.9. The number of likely N-dealkylation sites (N-methyl/N-ethyl adjacent to an activating group) is 1. The summed E-state index contributed by atoms with van der Waals surface area (Å²) in [5.41, 5.74) is 0. The fourth-order valence-electron chi connectivity index (χ4n) is 3.09. The first-order valence-corrected chi connectivity index (χ1v) is 13.4. The van der Waals surface area contributed by atoms with Crippen molar-refractivity contribution in [3.63, 3.8) is 0 Å². The number of aliphatic hydroxyl groups is 1. The lowest BCUT2D eigenvalue weighted by Crippen LogP contribution is -2.46. The van der Waals surface area contributed by atoms with E-state index in [9.17, 15) is 19.4 Å². The number of phosphoric acid groups is 1. The second-order valence-electron chi connectivity index (χ2n) is 9.37. The van der Waals surface area contributed by atoms with E-state index < -0.39 is 20.0 Å². The van der Waals surface area contributed by atoms with Crippen molar-refractivity contribution < 1.29 is 32.9 Å². The number of amides is 1. The zero-order valence-corrected chi connectivity index (χ0v) is 21.4. The van der Waals surface area contributed by atoms with Gasteiger partial charge in [-0.15, -0.1) is 0 Å². The SMILES string of the molecule is CCCCCCCCCCC(O)C(COP(=O)(O)OCC[N+](C)(C)C)NC(=O)CCC. The van der Waals surface area contributed by atoms with Crippen LogP contribution in [0.2, 0.25) is 0 Å². The molecule has 0 aliphatic carbocycles. The number of nitrogens with zero attached hydrogens (tertiary/aromatic N) is 1. The predicted octanol–water partition coefficient (Wildman–Crippen LogP) is 4.00. The number of phosphoric ester groups is 1. The van der Waals surface area contributed by atoms with E-state index in [1.807, 2.05) is 28.1 Å². The number of rotatable bonds is 20. The zero-order chi connectivity index (χ0) is 23.8. The molecule has 0 aliphatic heterocycles. The van der Waals surface area contributed by atoms with Gasteiger partial charge in [-0.05, 0) is 12.8 Å². The van der Waals surface area contributed by atoms with Crippen LogP contribution < -0.4 is 5.32 Å². The molecule has 3 atom stereocenters. The number of hydrogen-bond acceptors (Lipinski definition) is 5. The third-order valence-electron chi connectivity index (χ3n) is 5.08. The van der Waals surface area contributed by atoms with E-state index in [0.29, 0.717) is 30.3 Å². The van der Waals surface area contributed by atoms with Gasteiger partial charge in [0.05, 0.1) is 39.9 Å². The standard InChI is InChI=1S/C22H47N2O6P/c1-6-8-9-10-11-12-13-14-16-21(25)20(23-22(26)15-7-2)19-30-31(27,28)29-18-17-24(3,4)5/h20-21,25H,6-19H2,1-5H3,(H-,23,26,27,28)/p+1. The smallest absolute Gasteiger partial charge is 0.391 e. The lowest BCUT2D eigenvalue weighted by molar-refractivity contribution is -0.870. The molecule has 0 heterocycles. The topological polar surface area (TPSA) is 105 Å². The van der Waals surface area contributed by atoms with Gasteiger partial charge in [-0.3, -0.25) is 13.8 Å². The van der Waals surface area contributed by atoms with E-state index in [2.05, 4.69) is 12.2 Å². The summed E-state index contributed by atoms with van der Waals surface area (Å²) >= 11 is 0. The molecule has 9 heteroatoms. The van der Waals surface area contributed by atoms with Crippen LogP contribution in [-0.4, -0.2) is 73.4 Å². The highest BCUT2D eigenvalue weighted by Gasteiger charge is 2.28. The highest BCUT2D eigenvalue weighted by Crippen LogP contribution is 2.43.